The molecule has 0 fully saturated rings. The third-order valence-electron chi connectivity index (χ3n) is 1.20. The summed E-state index contributed by atoms with van der Waals surface area (Å²) in [5, 5.41) is 0. The quantitative estimate of drug-likeness (QED) is 0.305. The molecule has 12 heavy (non-hydrogen) atoms. The topological polar surface area (TPSA) is 12.0 Å². The second-order valence-corrected chi connectivity index (χ2v) is 1.94. The number of halogens is 5. The van der Waals surface area contributed by atoms with Crippen LogP contribution in [0.15, 0.2) is 6.07 Å². The van der Waals surface area contributed by atoms with Gasteiger partial charge in [-0.25, -0.2) is 23.1 Å². The Morgan fingerprint density at radius 2 is 1.50 bits per heavy atom. The molecule has 0 bridgehead atoms. The van der Waals surface area contributed by atoms with Crippen molar-refractivity contribution in [2.24, 2.45) is 0 Å². The zero-order valence-electron chi connectivity index (χ0n) is 5.47. The van der Waals surface area contributed by atoms with E-state index in [9.17, 15) is 22.0 Å². The maximum atomic E-state index is 12.4. The molecule has 0 saturated heterocycles. The molecular weight excluding hydrogens is 181 g/mol. The van der Waals surface area contributed by atoms with E-state index in [4.69, 9.17) is 0 Å². The van der Waals surface area contributed by atoms with Gasteiger partial charge in [-0.1, -0.05) is 0 Å². The van der Waals surface area contributed by atoms with Gasteiger partial charge in [-0.15, -0.1) is 4.48 Å². The summed E-state index contributed by atoms with van der Waals surface area (Å²) in [6.45, 7) is 0. The molecule has 1 N–H and O–H groups in total. The smallest absolute Gasteiger partial charge is 0.199 e. The molecule has 0 aromatic heterocycles. The second kappa shape index (κ2) is 2.96. The van der Waals surface area contributed by atoms with Crippen LogP contribution in [0.4, 0.5) is 27.7 Å². The molecule has 0 unspecified atom stereocenters. The number of rotatable bonds is 1. The first-order valence-corrected chi connectivity index (χ1v) is 2.77. The van der Waals surface area contributed by atoms with Crippen LogP contribution in [0.25, 0.3) is 0 Å². The lowest BCUT2D eigenvalue weighted by Gasteiger charge is -2.01. The van der Waals surface area contributed by atoms with E-state index < -0.39 is 29.0 Å². The summed E-state index contributed by atoms with van der Waals surface area (Å²) in [7, 11) is 0. The molecule has 0 amide bonds. The molecule has 0 saturated carbocycles. The van der Waals surface area contributed by atoms with E-state index in [1.165, 1.54) is 0 Å². The molecule has 0 spiro atoms. The van der Waals surface area contributed by atoms with Crippen LogP contribution < -0.4 is 5.54 Å². The van der Waals surface area contributed by atoms with Gasteiger partial charge in [0.05, 0.1) is 0 Å². The Balaban J connectivity index is 3.39. The number of nitrogens with one attached hydrogen (secondary N) is 1. The normalized spacial score (nSPS) is 10.1. The van der Waals surface area contributed by atoms with E-state index in [1.54, 1.807) is 0 Å². The Hall–Kier alpha value is -1.33. The van der Waals surface area contributed by atoms with E-state index in [1.807, 2.05) is 0 Å². The molecule has 0 aliphatic rings. The molecule has 6 heteroatoms. The highest BCUT2D eigenvalue weighted by molar-refractivity contribution is 5.43. The number of benzene rings is 1. The largest absolute Gasteiger partial charge is 0.221 e. The molecular formula is C6H2F5N. The van der Waals surface area contributed by atoms with Crippen LogP contribution in [-0.4, -0.2) is 0 Å². The number of anilines is 1. The Morgan fingerprint density at radius 1 is 0.917 bits per heavy atom. The van der Waals surface area contributed by atoms with E-state index in [-0.39, 0.29) is 6.07 Å². The Morgan fingerprint density at radius 3 is 2.00 bits per heavy atom. The fourth-order valence-electron chi connectivity index (χ4n) is 0.642. The van der Waals surface area contributed by atoms with Crippen molar-refractivity contribution in [3.05, 3.63) is 29.3 Å². The van der Waals surface area contributed by atoms with Crippen LogP contribution in [0.2, 0.25) is 0 Å². The lowest BCUT2D eigenvalue weighted by molar-refractivity contribution is 0.408. The first-order valence-electron chi connectivity index (χ1n) is 2.77. The van der Waals surface area contributed by atoms with Gasteiger partial charge in [-0.05, 0) is 0 Å². The van der Waals surface area contributed by atoms with Crippen molar-refractivity contribution < 1.29 is 22.0 Å². The minimum Gasteiger partial charge on any atom is -0.221 e. The molecule has 66 valence electrons. The van der Waals surface area contributed by atoms with E-state index in [0.29, 0.717) is 5.54 Å². The summed E-state index contributed by atoms with van der Waals surface area (Å²) in [5.74, 6) is -7.47. The summed E-state index contributed by atoms with van der Waals surface area (Å²) in [6, 6.07) is 0.174. The van der Waals surface area contributed by atoms with Gasteiger partial charge < -0.3 is 0 Å². The van der Waals surface area contributed by atoms with Crippen LogP contribution >= 0.6 is 0 Å². The average molecular weight is 183 g/mol. The molecule has 0 atom stereocenters. The van der Waals surface area contributed by atoms with Crippen LogP contribution in [-0.2, 0) is 0 Å². The molecule has 0 aliphatic carbocycles. The van der Waals surface area contributed by atoms with Gasteiger partial charge in [0.1, 0.15) is 5.69 Å². The summed E-state index contributed by atoms with van der Waals surface area (Å²) in [6.07, 6.45) is 0. The van der Waals surface area contributed by atoms with Gasteiger partial charge >= 0.3 is 0 Å². The van der Waals surface area contributed by atoms with Gasteiger partial charge in [-0.3, -0.25) is 0 Å². The Bertz CT molecular complexity index is 311. The molecule has 1 rings (SSSR count). The van der Waals surface area contributed by atoms with Crippen molar-refractivity contribution in [2.45, 2.75) is 0 Å². The molecule has 0 radical (unpaired) electrons. The van der Waals surface area contributed by atoms with Gasteiger partial charge in [0.2, 0.25) is 0 Å². The van der Waals surface area contributed by atoms with Crippen LogP contribution in [0, 0.1) is 23.3 Å². The van der Waals surface area contributed by atoms with Crippen LogP contribution in [0.1, 0.15) is 0 Å². The lowest BCUT2D eigenvalue weighted by atomic mass is 10.3. The summed E-state index contributed by atoms with van der Waals surface area (Å²) in [5.41, 5.74) is -0.395. The minimum atomic E-state index is -2.05. The van der Waals surface area contributed by atoms with Crippen molar-refractivity contribution in [2.75, 3.05) is 5.54 Å². The van der Waals surface area contributed by atoms with Crippen molar-refractivity contribution in [1.29, 1.82) is 0 Å². The zero-order chi connectivity index (χ0) is 9.30. The minimum absolute atomic E-state index is 0.174. The van der Waals surface area contributed by atoms with Gasteiger partial charge in [0.25, 0.3) is 0 Å². The standard InChI is InChI=1S/C6H2F5N/c7-2-1-3(12-11)5(9)6(10)4(2)8/h1,12H. The summed E-state index contributed by atoms with van der Waals surface area (Å²) >= 11 is 0. The summed E-state index contributed by atoms with van der Waals surface area (Å²) < 4.78 is 60.5. The predicted octanol–water partition coefficient (Wildman–Crippen LogP) is 2.54. The SMILES string of the molecule is FNc1cc(F)c(F)c(F)c1F. The molecule has 1 aromatic carbocycles. The predicted molar refractivity (Wildman–Crippen MR) is 31.0 cm³/mol. The second-order valence-electron chi connectivity index (χ2n) is 1.94. The first-order chi connectivity index (χ1) is 5.57. The van der Waals surface area contributed by atoms with Gasteiger partial charge in [-0.2, -0.15) is 0 Å². The Kier molecular flexibility index (Phi) is 2.16. The van der Waals surface area contributed by atoms with E-state index in [2.05, 4.69) is 0 Å². The molecule has 0 heterocycles. The van der Waals surface area contributed by atoms with Crippen molar-refractivity contribution >= 4 is 5.69 Å². The fraction of sp³-hybridized carbons (Fsp3) is 0. The Labute approximate surface area is 63.7 Å². The fourth-order valence-corrected chi connectivity index (χ4v) is 0.642. The maximum Gasteiger partial charge on any atom is 0.199 e. The maximum absolute atomic E-state index is 12.4. The zero-order valence-corrected chi connectivity index (χ0v) is 5.47. The van der Waals surface area contributed by atoms with Crippen molar-refractivity contribution in [3.63, 3.8) is 0 Å². The highest BCUT2D eigenvalue weighted by atomic mass is 19.2. The van der Waals surface area contributed by atoms with Gasteiger partial charge in [0.15, 0.2) is 23.3 Å². The van der Waals surface area contributed by atoms with Crippen molar-refractivity contribution in [3.8, 4) is 0 Å². The number of hydrogen-bond donors (Lipinski definition) is 1. The highest BCUT2D eigenvalue weighted by Gasteiger charge is 2.18. The monoisotopic (exact) mass is 183 g/mol. The number of hydrogen-bond acceptors (Lipinski definition) is 1. The van der Waals surface area contributed by atoms with Crippen LogP contribution in [0.5, 0.6) is 0 Å². The molecule has 1 nitrogen and oxygen atoms in total. The van der Waals surface area contributed by atoms with E-state index in [0.717, 1.165) is 0 Å². The lowest BCUT2D eigenvalue weighted by Crippen LogP contribution is -1.99. The van der Waals surface area contributed by atoms with E-state index >= 15 is 0 Å². The van der Waals surface area contributed by atoms with Crippen LogP contribution in [0.3, 0.4) is 0 Å². The third-order valence-corrected chi connectivity index (χ3v) is 1.20. The molecule has 1 aromatic rings. The third kappa shape index (κ3) is 1.19. The van der Waals surface area contributed by atoms with Gasteiger partial charge in [0, 0.05) is 6.07 Å². The average Bonchev–Trinajstić information content (AvgIpc) is 2.08. The summed E-state index contributed by atoms with van der Waals surface area (Å²) in [4.78, 5) is 0. The molecule has 0 aliphatic heterocycles. The first kappa shape index (κ1) is 8.76. The van der Waals surface area contributed by atoms with Crippen molar-refractivity contribution in [1.82, 2.24) is 0 Å². The highest BCUT2D eigenvalue weighted by Crippen LogP contribution is 2.22.